The van der Waals surface area contributed by atoms with E-state index < -0.39 is 0 Å². The van der Waals surface area contributed by atoms with Crippen molar-refractivity contribution in [2.24, 2.45) is 0 Å². The lowest BCUT2D eigenvalue weighted by Gasteiger charge is -2.22. The zero-order chi connectivity index (χ0) is 17.9. The lowest BCUT2D eigenvalue weighted by Crippen LogP contribution is -2.29. The van der Waals surface area contributed by atoms with Crippen molar-refractivity contribution in [2.45, 2.75) is 25.8 Å². The van der Waals surface area contributed by atoms with Gasteiger partial charge in [0.15, 0.2) is 5.69 Å². The number of aryl methyl sites for hydroxylation is 1. The second-order valence-corrected chi connectivity index (χ2v) is 6.39. The van der Waals surface area contributed by atoms with E-state index in [9.17, 15) is 4.79 Å². The molecule has 1 fully saturated rings. The van der Waals surface area contributed by atoms with Crippen LogP contribution in [-0.4, -0.2) is 39.0 Å². The fraction of sp³-hybridized carbons (Fsp3) is 0.333. The zero-order valence-electron chi connectivity index (χ0n) is 14.5. The summed E-state index contributed by atoms with van der Waals surface area (Å²) >= 11 is 0. The van der Waals surface area contributed by atoms with Gasteiger partial charge < -0.3 is 15.1 Å². The van der Waals surface area contributed by atoms with Crippen LogP contribution in [0, 0.1) is 6.92 Å². The van der Waals surface area contributed by atoms with E-state index in [1.54, 1.807) is 17.1 Å². The van der Waals surface area contributed by atoms with Crippen LogP contribution in [0.4, 0.5) is 5.69 Å². The van der Waals surface area contributed by atoms with E-state index in [1.165, 1.54) is 6.26 Å². The van der Waals surface area contributed by atoms with Crippen LogP contribution in [0.2, 0.25) is 0 Å². The average molecular weight is 352 g/mol. The van der Waals surface area contributed by atoms with Crippen LogP contribution in [0.1, 0.15) is 34.9 Å². The summed E-state index contributed by atoms with van der Waals surface area (Å²) in [5, 5.41) is 14.3. The summed E-state index contributed by atoms with van der Waals surface area (Å²) in [7, 11) is 0. The van der Waals surface area contributed by atoms with Crippen LogP contribution in [-0.2, 0) is 0 Å². The van der Waals surface area contributed by atoms with E-state index in [0.717, 1.165) is 37.1 Å². The molecule has 0 unspecified atom stereocenters. The first kappa shape index (κ1) is 16.5. The van der Waals surface area contributed by atoms with Gasteiger partial charge in [0.05, 0.1) is 18.4 Å². The Kier molecular flexibility index (Phi) is 4.49. The maximum atomic E-state index is 12.5. The summed E-state index contributed by atoms with van der Waals surface area (Å²) in [6.45, 7) is 3.88. The van der Waals surface area contributed by atoms with Crippen LogP contribution in [0.3, 0.4) is 0 Å². The minimum Gasteiger partial charge on any atom is -0.445 e. The molecule has 3 heterocycles. The number of nitrogens with zero attached hydrogens (tertiary/aromatic N) is 4. The highest BCUT2D eigenvalue weighted by Crippen LogP contribution is 2.25. The van der Waals surface area contributed by atoms with Gasteiger partial charge in [-0.15, -0.1) is 5.10 Å². The van der Waals surface area contributed by atoms with Gasteiger partial charge in [-0.05, 0) is 50.6 Å². The molecule has 1 aromatic carbocycles. The molecule has 26 heavy (non-hydrogen) atoms. The summed E-state index contributed by atoms with van der Waals surface area (Å²) in [4.78, 5) is 16.7. The Balaban J connectivity index is 1.50. The lowest BCUT2D eigenvalue weighted by molar-refractivity contribution is 0.102. The van der Waals surface area contributed by atoms with E-state index in [2.05, 4.69) is 25.9 Å². The van der Waals surface area contributed by atoms with E-state index in [-0.39, 0.29) is 5.91 Å². The summed E-state index contributed by atoms with van der Waals surface area (Å²) in [6.07, 6.45) is 6.82. The third-order valence-electron chi connectivity index (χ3n) is 4.58. The summed E-state index contributed by atoms with van der Waals surface area (Å²) in [6, 6.07) is 5.90. The van der Waals surface area contributed by atoms with Crippen LogP contribution >= 0.6 is 0 Å². The molecule has 4 rings (SSSR count). The molecule has 8 heteroatoms. The van der Waals surface area contributed by atoms with Gasteiger partial charge >= 0.3 is 0 Å². The molecule has 1 saturated heterocycles. The predicted octanol–water partition coefficient (Wildman–Crippen LogP) is 2.42. The fourth-order valence-electron chi connectivity index (χ4n) is 3.11. The van der Waals surface area contributed by atoms with Crippen molar-refractivity contribution in [3.63, 3.8) is 0 Å². The van der Waals surface area contributed by atoms with Gasteiger partial charge in [-0.1, -0.05) is 11.3 Å². The highest BCUT2D eigenvalue weighted by atomic mass is 16.3. The van der Waals surface area contributed by atoms with E-state index in [1.807, 2.05) is 25.1 Å². The van der Waals surface area contributed by atoms with Crippen molar-refractivity contribution < 1.29 is 9.21 Å². The number of carbonyl (C=O) groups is 1. The number of carbonyl (C=O) groups excluding carboxylic acids is 1. The van der Waals surface area contributed by atoms with Crippen molar-refractivity contribution in [1.29, 1.82) is 0 Å². The van der Waals surface area contributed by atoms with Crippen molar-refractivity contribution in [1.82, 2.24) is 25.3 Å². The Bertz CT molecular complexity index is 896. The minimum atomic E-state index is -0.285. The number of anilines is 1. The van der Waals surface area contributed by atoms with Crippen molar-refractivity contribution in [2.75, 3.05) is 18.4 Å². The number of amides is 1. The number of aromatic nitrogens is 4. The van der Waals surface area contributed by atoms with Gasteiger partial charge in [0.2, 0.25) is 5.89 Å². The molecule has 8 nitrogen and oxygen atoms in total. The number of piperidine rings is 1. The summed E-state index contributed by atoms with van der Waals surface area (Å²) < 4.78 is 7.16. The Hall–Kier alpha value is -3.00. The van der Waals surface area contributed by atoms with Gasteiger partial charge in [-0.2, -0.15) is 0 Å². The number of benzene rings is 1. The molecule has 0 atom stereocenters. The smallest absolute Gasteiger partial charge is 0.277 e. The molecule has 2 N–H and O–H groups in total. The minimum absolute atomic E-state index is 0.285. The molecule has 3 aromatic rings. The molecule has 0 bridgehead atoms. The molecular formula is C18H20N6O2. The molecular weight excluding hydrogens is 332 g/mol. The molecule has 1 aliphatic rings. The van der Waals surface area contributed by atoms with Gasteiger partial charge in [0.25, 0.3) is 5.91 Å². The number of hydrogen-bond acceptors (Lipinski definition) is 6. The van der Waals surface area contributed by atoms with E-state index in [4.69, 9.17) is 4.42 Å². The quantitative estimate of drug-likeness (QED) is 0.748. The Morgan fingerprint density at radius 3 is 2.96 bits per heavy atom. The first-order valence-electron chi connectivity index (χ1n) is 8.65. The molecule has 0 saturated carbocycles. The summed E-state index contributed by atoms with van der Waals surface area (Å²) in [5.41, 5.74) is 2.82. The Labute approximate surface area is 150 Å². The second-order valence-electron chi connectivity index (χ2n) is 6.39. The van der Waals surface area contributed by atoms with Gasteiger partial charge in [0, 0.05) is 11.3 Å². The van der Waals surface area contributed by atoms with E-state index in [0.29, 0.717) is 23.3 Å². The highest BCUT2D eigenvalue weighted by Gasteiger charge is 2.19. The third-order valence-corrected chi connectivity index (χ3v) is 4.58. The monoisotopic (exact) mass is 352 g/mol. The van der Waals surface area contributed by atoms with Crippen LogP contribution in [0.15, 0.2) is 41.3 Å². The zero-order valence-corrected chi connectivity index (χ0v) is 14.5. The first-order valence-corrected chi connectivity index (χ1v) is 8.65. The van der Waals surface area contributed by atoms with Gasteiger partial charge in [-0.3, -0.25) is 4.79 Å². The lowest BCUT2D eigenvalue weighted by atomic mass is 10.1. The highest BCUT2D eigenvalue weighted by molar-refractivity contribution is 6.02. The molecule has 0 aliphatic carbocycles. The normalized spacial score (nSPS) is 15.1. The topological polar surface area (TPSA) is 97.9 Å². The Morgan fingerprint density at radius 1 is 1.35 bits per heavy atom. The van der Waals surface area contributed by atoms with Crippen LogP contribution in [0.25, 0.3) is 11.5 Å². The number of oxazole rings is 1. The maximum Gasteiger partial charge on any atom is 0.277 e. The van der Waals surface area contributed by atoms with Crippen LogP contribution < -0.4 is 10.6 Å². The largest absolute Gasteiger partial charge is 0.445 e. The molecule has 0 spiro atoms. The molecule has 1 aliphatic heterocycles. The molecule has 1 amide bonds. The van der Waals surface area contributed by atoms with Crippen molar-refractivity contribution in [3.8, 4) is 11.5 Å². The molecule has 2 aromatic heterocycles. The van der Waals surface area contributed by atoms with E-state index >= 15 is 0 Å². The number of hydrogen-bond donors (Lipinski definition) is 2. The number of nitrogens with one attached hydrogen (secondary N) is 2. The number of rotatable bonds is 4. The maximum absolute atomic E-state index is 12.5. The molecule has 134 valence electrons. The fourth-order valence-corrected chi connectivity index (χ4v) is 3.11. The van der Waals surface area contributed by atoms with Crippen molar-refractivity contribution >= 4 is 11.6 Å². The standard InChI is InChI=1S/C18H20N6O2/c1-12-2-3-13(10-15(12)18-20-8-9-26-18)21-17(25)16-11-24(23-22-16)14-4-6-19-7-5-14/h2-3,8-11,14,19H,4-7H2,1H3,(H,21,25). The first-order chi connectivity index (χ1) is 12.7. The third kappa shape index (κ3) is 3.36. The van der Waals surface area contributed by atoms with Crippen molar-refractivity contribution in [3.05, 3.63) is 48.1 Å². The Morgan fingerprint density at radius 2 is 2.19 bits per heavy atom. The SMILES string of the molecule is Cc1ccc(NC(=O)c2cn(C3CCNCC3)nn2)cc1-c1ncco1. The molecule has 0 radical (unpaired) electrons. The average Bonchev–Trinajstić information content (AvgIpc) is 3.36. The second kappa shape index (κ2) is 7.09. The predicted molar refractivity (Wildman–Crippen MR) is 95.8 cm³/mol. The van der Waals surface area contributed by atoms with Gasteiger partial charge in [-0.25, -0.2) is 9.67 Å². The van der Waals surface area contributed by atoms with Crippen LogP contribution in [0.5, 0.6) is 0 Å². The summed E-state index contributed by atoms with van der Waals surface area (Å²) in [5.74, 6) is 0.239. The van der Waals surface area contributed by atoms with Gasteiger partial charge in [0.1, 0.15) is 6.26 Å².